The first-order valence-corrected chi connectivity index (χ1v) is 4.97. The molecule has 0 heterocycles. The van der Waals surface area contributed by atoms with Crippen molar-refractivity contribution in [3.8, 4) is 5.75 Å². The number of nitrogens with zero attached hydrogens (tertiary/aromatic N) is 1. The van der Waals surface area contributed by atoms with E-state index >= 15 is 0 Å². The van der Waals surface area contributed by atoms with Crippen LogP contribution in [0.1, 0.15) is 30.9 Å². The molecule has 0 amide bonds. The van der Waals surface area contributed by atoms with E-state index in [-0.39, 0.29) is 0 Å². The predicted octanol–water partition coefficient (Wildman–Crippen LogP) is 2.58. The Hall–Kier alpha value is -1.02. The van der Waals surface area contributed by atoms with Crippen molar-refractivity contribution >= 4 is 0 Å². The zero-order valence-corrected chi connectivity index (χ0v) is 9.41. The number of benzene rings is 1. The van der Waals surface area contributed by atoms with E-state index in [0.717, 1.165) is 12.1 Å². The SMILES string of the molecule is CC(C)c1cc(CN(C)C)ccc1O. The van der Waals surface area contributed by atoms with E-state index in [4.69, 9.17) is 0 Å². The second-order valence-electron chi connectivity index (χ2n) is 4.29. The van der Waals surface area contributed by atoms with Crippen molar-refractivity contribution in [2.45, 2.75) is 26.3 Å². The zero-order chi connectivity index (χ0) is 10.7. The molecule has 2 nitrogen and oxygen atoms in total. The summed E-state index contributed by atoms with van der Waals surface area (Å²) in [6.07, 6.45) is 0. The van der Waals surface area contributed by atoms with Gasteiger partial charge in [-0.25, -0.2) is 0 Å². The molecule has 14 heavy (non-hydrogen) atoms. The minimum Gasteiger partial charge on any atom is -0.508 e. The van der Waals surface area contributed by atoms with Gasteiger partial charge in [0.1, 0.15) is 5.75 Å². The van der Waals surface area contributed by atoms with E-state index in [1.807, 2.05) is 20.2 Å². The van der Waals surface area contributed by atoms with Crippen LogP contribution in [0.25, 0.3) is 0 Å². The zero-order valence-electron chi connectivity index (χ0n) is 9.41. The largest absolute Gasteiger partial charge is 0.508 e. The van der Waals surface area contributed by atoms with Gasteiger partial charge in [-0.1, -0.05) is 26.0 Å². The van der Waals surface area contributed by atoms with Crippen LogP contribution in [0.2, 0.25) is 0 Å². The first-order valence-electron chi connectivity index (χ1n) is 4.97. The topological polar surface area (TPSA) is 23.5 Å². The average Bonchev–Trinajstić information content (AvgIpc) is 2.07. The van der Waals surface area contributed by atoms with Gasteiger partial charge < -0.3 is 10.0 Å². The summed E-state index contributed by atoms with van der Waals surface area (Å²) in [5, 5.41) is 9.63. The summed E-state index contributed by atoms with van der Waals surface area (Å²) >= 11 is 0. The molecule has 0 saturated carbocycles. The Kier molecular flexibility index (Phi) is 3.53. The quantitative estimate of drug-likeness (QED) is 0.797. The number of rotatable bonds is 3. The molecule has 0 aliphatic carbocycles. The maximum absolute atomic E-state index is 9.63. The summed E-state index contributed by atoms with van der Waals surface area (Å²) in [5.74, 6) is 0.777. The predicted molar refractivity (Wildman–Crippen MR) is 59.6 cm³/mol. The van der Waals surface area contributed by atoms with Crippen LogP contribution in [0.4, 0.5) is 0 Å². The number of hydrogen-bond acceptors (Lipinski definition) is 2. The molecule has 0 saturated heterocycles. The lowest BCUT2D eigenvalue weighted by Gasteiger charge is -2.13. The molecule has 1 aromatic rings. The van der Waals surface area contributed by atoms with Crippen LogP contribution >= 0.6 is 0 Å². The van der Waals surface area contributed by atoms with Gasteiger partial charge in [-0.15, -0.1) is 0 Å². The molecule has 0 spiro atoms. The fraction of sp³-hybridized carbons (Fsp3) is 0.500. The molecule has 1 N–H and O–H groups in total. The molecular formula is C12H19NO. The number of hydrogen-bond donors (Lipinski definition) is 1. The fourth-order valence-electron chi connectivity index (χ4n) is 1.53. The summed E-state index contributed by atoms with van der Waals surface area (Å²) in [7, 11) is 4.09. The average molecular weight is 193 g/mol. The summed E-state index contributed by atoms with van der Waals surface area (Å²) in [6, 6.07) is 5.84. The second-order valence-corrected chi connectivity index (χ2v) is 4.29. The van der Waals surface area contributed by atoms with Crippen LogP contribution < -0.4 is 0 Å². The van der Waals surface area contributed by atoms with E-state index in [1.54, 1.807) is 6.07 Å². The number of phenolic OH excluding ortho intramolecular Hbond substituents is 1. The van der Waals surface area contributed by atoms with Crippen LogP contribution in [0.5, 0.6) is 5.75 Å². The van der Waals surface area contributed by atoms with E-state index in [2.05, 4.69) is 24.8 Å². The maximum Gasteiger partial charge on any atom is 0.119 e. The minimum atomic E-state index is 0.372. The monoisotopic (exact) mass is 193 g/mol. The van der Waals surface area contributed by atoms with Gasteiger partial charge in [-0.2, -0.15) is 0 Å². The third-order valence-corrected chi connectivity index (χ3v) is 2.21. The Morgan fingerprint density at radius 3 is 2.43 bits per heavy atom. The lowest BCUT2D eigenvalue weighted by atomic mass is 9.99. The smallest absolute Gasteiger partial charge is 0.119 e. The van der Waals surface area contributed by atoms with Crippen molar-refractivity contribution < 1.29 is 5.11 Å². The van der Waals surface area contributed by atoms with Crippen LogP contribution in [0.3, 0.4) is 0 Å². The molecule has 1 aromatic carbocycles. The standard InChI is InChI=1S/C12H19NO/c1-9(2)11-7-10(8-13(3)4)5-6-12(11)14/h5-7,9,14H,8H2,1-4H3. The van der Waals surface area contributed by atoms with Crippen molar-refractivity contribution in [3.05, 3.63) is 29.3 Å². The summed E-state index contributed by atoms with van der Waals surface area (Å²) in [6.45, 7) is 5.10. The molecule has 0 aromatic heterocycles. The Morgan fingerprint density at radius 1 is 1.29 bits per heavy atom. The third-order valence-electron chi connectivity index (χ3n) is 2.21. The molecule has 0 unspecified atom stereocenters. The van der Waals surface area contributed by atoms with Crippen molar-refractivity contribution in [2.75, 3.05) is 14.1 Å². The summed E-state index contributed by atoms with van der Waals surface area (Å²) < 4.78 is 0. The molecule has 0 aliphatic rings. The fourth-order valence-corrected chi connectivity index (χ4v) is 1.53. The first-order chi connectivity index (χ1) is 6.50. The van der Waals surface area contributed by atoms with Gasteiger partial charge in [0.15, 0.2) is 0 Å². The molecule has 0 radical (unpaired) electrons. The van der Waals surface area contributed by atoms with Crippen molar-refractivity contribution in [1.82, 2.24) is 4.90 Å². The second kappa shape index (κ2) is 4.47. The van der Waals surface area contributed by atoms with Crippen molar-refractivity contribution in [3.63, 3.8) is 0 Å². The summed E-state index contributed by atoms with van der Waals surface area (Å²) in [5.41, 5.74) is 2.28. The van der Waals surface area contributed by atoms with Gasteiger partial charge >= 0.3 is 0 Å². The molecule has 1 rings (SSSR count). The minimum absolute atomic E-state index is 0.372. The third kappa shape index (κ3) is 2.74. The molecule has 0 aliphatic heterocycles. The van der Waals surface area contributed by atoms with Crippen molar-refractivity contribution in [2.24, 2.45) is 0 Å². The summed E-state index contributed by atoms with van der Waals surface area (Å²) in [4.78, 5) is 2.12. The molecular weight excluding hydrogens is 174 g/mol. The van der Waals surface area contributed by atoms with E-state index in [0.29, 0.717) is 11.7 Å². The highest BCUT2D eigenvalue weighted by atomic mass is 16.3. The molecule has 78 valence electrons. The number of aromatic hydroxyl groups is 1. The van der Waals surface area contributed by atoms with Crippen molar-refractivity contribution in [1.29, 1.82) is 0 Å². The number of phenols is 1. The van der Waals surface area contributed by atoms with Crippen LogP contribution in [-0.4, -0.2) is 24.1 Å². The Bertz CT molecular complexity index is 305. The van der Waals surface area contributed by atoms with Gasteiger partial charge in [-0.05, 0) is 37.2 Å². The van der Waals surface area contributed by atoms with Gasteiger partial charge in [0, 0.05) is 6.54 Å². The highest BCUT2D eigenvalue weighted by Gasteiger charge is 2.06. The molecule has 0 atom stereocenters. The molecule has 0 bridgehead atoms. The van der Waals surface area contributed by atoms with Crippen LogP contribution in [0.15, 0.2) is 18.2 Å². The molecule has 0 fully saturated rings. The molecule has 2 heteroatoms. The Labute approximate surface area is 86.2 Å². The normalized spacial score (nSPS) is 11.3. The van der Waals surface area contributed by atoms with Gasteiger partial charge in [0.2, 0.25) is 0 Å². The van der Waals surface area contributed by atoms with E-state index in [9.17, 15) is 5.11 Å². The van der Waals surface area contributed by atoms with E-state index < -0.39 is 0 Å². The van der Waals surface area contributed by atoms with Gasteiger partial charge in [0.05, 0.1) is 0 Å². The lowest BCUT2D eigenvalue weighted by Crippen LogP contribution is -2.10. The van der Waals surface area contributed by atoms with Crippen LogP contribution in [0, 0.1) is 0 Å². The maximum atomic E-state index is 9.63. The van der Waals surface area contributed by atoms with Crippen LogP contribution in [-0.2, 0) is 6.54 Å². The Morgan fingerprint density at radius 2 is 1.93 bits per heavy atom. The van der Waals surface area contributed by atoms with Gasteiger partial charge in [-0.3, -0.25) is 0 Å². The van der Waals surface area contributed by atoms with E-state index in [1.165, 1.54) is 5.56 Å². The highest BCUT2D eigenvalue weighted by molar-refractivity contribution is 5.38. The van der Waals surface area contributed by atoms with Gasteiger partial charge in [0.25, 0.3) is 0 Å². The Balaban J connectivity index is 2.94. The lowest BCUT2D eigenvalue weighted by molar-refractivity contribution is 0.401. The highest BCUT2D eigenvalue weighted by Crippen LogP contribution is 2.26. The first kappa shape index (κ1) is 11.1.